The SMILES string of the molecule is COCC(C)(CC(=O)O)NC(=O)Cc1cc2c(ccc3ccccc32)o1. The fraction of sp³-hybridized carbons (Fsp3) is 0.300. The van der Waals surface area contributed by atoms with E-state index in [1.54, 1.807) is 6.92 Å². The van der Waals surface area contributed by atoms with Gasteiger partial charge in [0, 0.05) is 12.5 Å². The standard InChI is InChI=1S/C20H21NO5/c1-20(12-25-2,11-19(23)24)21-18(22)10-14-9-16-15-6-4-3-5-13(15)7-8-17(16)26-14/h3-9H,10-12H2,1-2H3,(H,21,22)(H,23,24). The number of hydrogen-bond acceptors (Lipinski definition) is 4. The molecule has 0 fully saturated rings. The summed E-state index contributed by atoms with van der Waals surface area (Å²) in [5, 5.41) is 14.9. The van der Waals surface area contributed by atoms with Crippen LogP contribution in [0.3, 0.4) is 0 Å². The van der Waals surface area contributed by atoms with Crippen molar-refractivity contribution < 1.29 is 23.8 Å². The van der Waals surface area contributed by atoms with Gasteiger partial charge in [0.05, 0.1) is 25.0 Å². The lowest BCUT2D eigenvalue weighted by Gasteiger charge is -2.28. The van der Waals surface area contributed by atoms with Gasteiger partial charge in [-0.15, -0.1) is 0 Å². The highest BCUT2D eigenvalue weighted by Crippen LogP contribution is 2.28. The molecule has 0 radical (unpaired) electrons. The van der Waals surface area contributed by atoms with Gasteiger partial charge in [-0.05, 0) is 29.8 Å². The van der Waals surface area contributed by atoms with Crippen molar-refractivity contribution in [3.63, 3.8) is 0 Å². The van der Waals surface area contributed by atoms with Gasteiger partial charge in [-0.3, -0.25) is 9.59 Å². The van der Waals surface area contributed by atoms with Crippen molar-refractivity contribution in [2.45, 2.75) is 25.3 Å². The Morgan fingerprint density at radius 3 is 2.69 bits per heavy atom. The normalized spacial score (nSPS) is 13.6. The molecule has 1 amide bonds. The van der Waals surface area contributed by atoms with Crippen LogP contribution in [0.1, 0.15) is 19.1 Å². The summed E-state index contributed by atoms with van der Waals surface area (Å²) in [4.78, 5) is 23.5. The van der Waals surface area contributed by atoms with E-state index in [1.807, 2.05) is 42.5 Å². The molecular weight excluding hydrogens is 334 g/mol. The van der Waals surface area contributed by atoms with Crippen molar-refractivity contribution in [3.05, 3.63) is 48.2 Å². The molecule has 2 aromatic carbocycles. The highest BCUT2D eigenvalue weighted by molar-refractivity contribution is 6.06. The molecule has 2 N–H and O–H groups in total. The molecule has 136 valence electrons. The average molecular weight is 355 g/mol. The van der Waals surface area contributed by atoms with E-state index < -0.39 is 11.5 Å². The first-order chi connectivity index (χ1) is 12.4. The molecular formula is C20H21NO5. The Morgan fingerprint density at radius 1 is 1.19 bits per heavy atom. The van der Waals surface area contributed by atoms with Gasteiger partial charge >= 0.3 is 5.97 Å². The smallest absolute Gasteiger partial charge is 0.305 e. The molecule has 0 aliphatic heterocycles. The largest absolute Gasteiger partial charge is 0.481 e. The van der Waals surface area contributed by atoms with E-state index in [-0.39, 0.29) is 25.4 Å². The summed E-state index contributed by atoms with van der Waals surface area (Å²) in [5.41, 5.74) is -0.257. The summed E-state index contributed by atoms with van der Waals surface area (Å²) < 4.78 is 10.8. The predicted molar refractivity (Wildman–Crippen MR) is 98.1 cm³/mol. The number of carboxylic acid groups (broad SMARTS) is 1. The summed E-state index contributed by atoms with van der Waals surface area (Å²) in [7, 11) is 1.47. The second-order valence-electron chi connectivity index (χ2n) is 6.70. The van der Waals surface area contributed by atoms with Crippen molar-refractivity contribution in [2.24, 2.45) is 0 Å². The Balaban J connectivity index is 1.80. The summed E-state index contributed by atoms with van der Waals surface area (Å²) in [6.07, 6.45) is -0.195. The fourth-order valence-corrected chi connectivity index (χ4v) is 3.25. The van der Waals surface area contributed by atoms with Crippen LogP contribution in [0.4, 0.5) is 0 Å². The molecule has 1 atom stereocenters. The third kappa shape index (κ3) is 3.86. The third-order valence-electron chi connectivity index (χ3n) is 4.26. The van der Waals surface area contributed by atoms with Crippen molar-refractivity contribution in [1.82, 2.24) is 5.32 Å². The molecule has 1 aromatic heterocycles. The Bertz CT molecular complexity index is 961. The number of amides is 1. The first-order valence-corrected chi connectivity index (χ1v) is 8.32. The van der Waals surface area contributed by atoms with Crippen molar-refractivity contribution in [3.8, 4) is 0 Å². The lowest BCUT2D eigenvalue weighted by molar-refractivity contribution is -0.139. The molecule has 0 bridgehead atoms. The van der Waals surface area contributed by atoms with Crippen LogP contribution in [0.25, 0.3) is 21.7 Å². The van der Waals surface area contributed by atoms with E-state index in [1.165, 1.54) is 7.11 Å². The lowest BCUT2D eigenvalue weighted by Crippen LogP contribution is -2.51. The van der Waals surface area contributed by atoms with Gasteiger partial charge in [0.1, 0.15) is 11.3 Å². The Kier molecular flexibility index (Phi) is 4.95. The molecule has 3 rings (SSSR count). The van der Waals surface area contributed by atoms with E-state index in [0.717, 1.165) is 21.7 Å². The van der Waals surface area contributed by atoms with E-state index >= 15 is 0 Å². The van der Waals surface area contributed by atoms with Crippen molar-refractivity contribution in [2.75, 3.05) is 13.7 Å². The number of ether oxygens (including phenoxy) is 1. The van der Waals surface area contributed by atoms with E-state index in [0.29, 0.717) is 5.76 Å². The molecule has 0 aliphatic rings. The maximum atomic E-state index is 12.4. The molecule has 1 unspecified atom stereocenters. The number of hydrogen-bond donors (Lipinski definition) is 2. The second kappa shape index (κ2) is 7.17. The minimum Gasteiger partial charge on any atom is -0.481 e. The van der Waals surface area contributed by atoms with Crippen LogP contribution in [0.2, 0.25) is 0 Å². The molecule has 6 heteroatoms. The van der Waals surface area contributed by atoms with Crippen LogP contribution in [-0.4, -0.2) is 36.2 Å². The minimum atomic E-state index is -1.000. The Labute approximate surface area is 150 Å². The van der Waals surface area contributed by atoms with E-state index in [4.69, 9.17) is 14.3 Å². The number of furan rings is 1. The van der Waals surface area contributed by atoms with Gasteiger partial charge in [0.2, 0.25) is 5.91 Å². The lowest BCUT2D eigenvalue weighted by atomic mass is 9.98. The van der Waals surface area contributed by atoms with Crippen LogP contribution in [-0.2, 0) is 20.7 Å². The van der Waals surface area contributed by atoms with Crippen molar-refractivity contribution >= 4 is 33.6 Å². The van der Waals surface area contributed by atoms with Gasteiger partial charge in [0.15, 0.2) is 0 Å². The molecule has 6 nitrogen and oxygen atoms in total. The van der Waals surface area contributed by atoms with Crippen LogP contribution < -0.4 is 5.32 Å². The summed E-state index contributed by atoms with van der Waals surface area (Å²) in [6, 6.07) is 13.7. The maximum Gasteiger partial charge on any atom is 0.305 e. The summed E-state index contributed by atoms with van der Waals surface area (Å²) >= 11 is 0. The summed E-state index contributed by atoms with van der Waals surface area (Å²) in [6.45, 7) is 1.75. The maximum absolute atomic E-state index is 12.4. The number of carbonyl (C=O) groups is 2. The van der Waals surface area contributed by atoms with Gasteiger partial charge in [-0.2, -0.15) is 0 Å². The zero-order chi connectivity index (χ0) is 18.7. The molecule has 0 saturated carbocycles. The second-order valence-corrected chi connectivity index (χ2v) is 6.70. The van der Waals surface area contributed by atoms with Crippen LogP contribution >= 0.6 is 0 Å². The highest BCUT2D eigenvalue weighted by Gasteiger charge is 2.29. The number of benzene rings is 2. The molecule has 0 aliphatic carbocycles. The topological polar surface area (TPSA) is 88.8 Å². The quantitative estimate of drug-likeness (QED) is 0.680. The molecule has 26 heavy (non-hydrogen) atoms. The monoisotopic (exact) mass is 355 g/mol. The predicted octanol–water partition coefficient (Wildman–Crippen LogP) is 3.12. The number of methoxy groups -OCH3 is 1. The van der Waals surface area contributed by atoms with Crippen LogP contribution in [0, 0.1) is 0 Å². The highest BCUT2D eigenvalue weighted by atomic mass is 16.5. The first-order valence-electron chi connectivity index (χ1n) is 8.32. The average Bonchev–Trinajstić information content (AvgIpc) is 2.96. The molecule has 3 aromatic rings. The summed E-state index contributed by atoms with van der Waals surface area (Å²) in [5.74, 6) is -0.779. The minimum absolute atomic E-state index is 0.0297. The number of aliphatic carboxylic acids is 1. The number of rotatable bonds is 7. The van der Waals surface area contributed by atoms with Crippen LogP contribution in [0.15, 0.2) is 46.9 Å². The molecule has 1 heterocycles. The Hall–Kier alpha value is -2.86. The van der Waals surface area contributed by atoms with Crippen molar-refractivity contribution in [1.29, 1.82) is 0 Å². The van der Waals surface area contributed by atoms with E-state index in [9.17, 15) is 9.59 Å². The Morgan fingerprint density at radius 2 is 1.96 bits per heavy atom. The number of carbonyl (C=O) groups excluding carboxylic acids is 1. The molecule has 0 saturated heterocycles. The fourth-order valence-electron chi connectivity index (χ4n) is 3.25. The molecule has 0 spiro atoms. The van der Waals surface area contributed by atoms with Crippen LogP contribution in [0.5, 0.6) is 0 Å². The zero-order valence-electron chi connectivity index (χ0n) is 14.7. The number of carboxylic acids is 1. The first kappa shape index (κ1) is 17.9. The zero-order valence-corrected chi connectivity index (χ0v) is 14.7. The van der Waals surface area contributed by atoms with Gasteiger partial charge in [-0.1, -0.05) is 30.3 Å². The van der Waals surface area contributed by atoms with Gasteiger partial charge in [-0.25, -0.2) is 0 Å². The number of fused-ring (bicyclic) bond motifs is 3. The van der Waals surface area contributed by atoms with Gasteiger partial charge < -0.3 is 19.6 Å². The van der Waals surface area contributed by atoms with E-state index in [2.05, 4.69) is 5.32 Å². The van der Waals surface area contributed by atoms with Gasteiger partial charge in [0.25, 0.3) is 0 Å². The third-order valence-corrected chi connectivity index (χ3v) is 4.26. The number of nitrogens with one attached hydrogen (secondary N) is 1.